The lowest BCUT2D eigenvalue weighted by Gasteiger charge is -2.65. The topological polar surface area (TPSA) is 172 Å². The minimum Gasteiger partial charge on any atom is -0.458 e. The number of carbonyl (C=O) groups is 2. The minimum absolute atomic E-state index is 0.0273. The number of aliphatic hydroxyl groups excluding tert-OH is 1. The third kappa shape index (κ3) is 4.07. The second kappa shape index (κ2) is 9.71. The molecule has 0 spiro atoms. The fourth-order valence-electron chi connectivity index (χ4n) is 9.45. The first-order valence-electron chi connectivity index (χ1n) is 14.5. The van der Waals surface area contributed by atoms with Crippen LogP contribution in [0.4, 0.5) is 5.69 Å². The van der Waals surface area contributed by atoms with E-state index < -0.39 is 39.0 Å². The third-order valence-electron chi connectivity index (χ3n) is 11.4. The summed E-state index contributed by atoms with van der Waals surface area (Å²) in [5.74, 6) is -1.36. The molecule has 0 unspecified atom stereocenters. The van der Waals surface area contributed by atoms with Crippen molar-refractivity contribution in [2.24, 2.45) is 33.7 Å². The average molecular weight is 568 g/mol. The van der Waals surface area contributed by atoms with Gasteiger partial charge in [-0.2, -0.15) is 5.10 Å². The highest BCUT2D eigenvalue weighted by Crippen LogP contribution is 2.70. The molecule has 4 aliphatic carbocycles. The molecule has 4 N–H and O–H groups in total. The van der Waals surface area contributed by atoms with E-state index in [1.807, 2.05) is 0 Å². The van der Waals surface area contributed by atoms with E-state index in [0.717, 1.165) is 12.0 Å². The molecule has 4 saturated carbocycles. The van der Waals surface area contributed by atoms with Crippen molar-refractivity contribution in [3.05, 3.63) is 51.6 Å². The van der Waals surface area contributed by atoms with E-state index in [1.165, 1.54) is 24.3 Å². The van der Waals surface area contributed by atoms with Crippen LogP contribution in [0.2, 0.25) is 0 Å². The number of para-hydroxylation sites is 1. The molecule has 220 valence electrons. The summed E-state index contributed by atoms with van der Waals surface area (Å²) in [6.45, 7) is 2.38. The number of ether oxygens (including phenoxy) is 1. The van der Waals surface area contributed by atoms with E-state index in [9.17, 15) is 35.0 Å². The number of nitro benzene ring substituents is 1. The van der Waals surface area contributed by atoms with Crippen molar-refractivity contribution in [1.82, 2.24) is 5.43 Å². The molecule has 11 nitrogen and oxygen atoms in total. The van der Waals surface area contributed by atoms with Gasteiger partial charge in [0, 0.05) is 35.6 Å². The van der Waals surface area contributed by atoms with Crippen molar-refractivity contribution in [3.63, 3.8) is 0 Å². The summed E-state index contributed by atoms with van der Waals surface area (Å²) in [7, 11) is 0. The van der Waals surface area contributed by atoms with Crippen LogP contribution in [-0.4, -0.2) is 62.2 Å². The number of aliphatic hydroxyl groups is 3. The molecule has 1 aromatic carbocycles. The Morgan fingerprint density at radius 3 is 2.61 bits per heavy atom. The van der Waals surface area contributed by atoms with Crippen LogP contribution in [0.5, 0.6) is 0 Å². The number of esters is 1. The van der Waals surface area contributed by atoms with Gasteiger partial charge in [0.05, 0.1) is 22.2 Å². The Kier molecular flexibility index (Phi) is 6.63. The van der Waals surface area contributed by atoms with Crippen molar-refractivity contribution in [2.75, 3.05) is 6.61 Å². The molecule has 11 heteroatoms. The van der Waals surface area contributed by atoms with Crippen molar-refractivity contribution in [2.45, 2.75) is 82.0 Å². The maximum atomic E-state index is 12.9. The van der Waals surface area contributed by atoms with Gasteiger partial charge in [0.25, 0.3) is 11.6 Å². The van der Waals surface area contributed by atoms with Gasteiger partial charge in [-0.3, -0.25) is 14.9 Å². The zero-order chi connectivity index (χ0) is 29.2. The van der Waals surface area contributed by atoms with Gasteiger partial charge >= 0.3 is 5.97 Å². The number of carbonyl (C=O) groups excluding carboxylic acids is 2. The van der Waals surface area contributed by atoms with E-state index in [2.05, 4.69) is 17.5 Å². The zero-order valence-electron chi connectivity index (χ0n) is 23.1. The highest BCUT2D eigenvalue weighted by atomic mass is 16.6. The molecule has 1 aromatic rings. The Morgan fingerprint density at radius 1 is 1.12 bits per heavy atom. The number of cyclic esters (lactones) is 1. The van der Waals surface area contributed by atoms with E-state index in [1.54, 1.807) is 12.3 Å². The average Bonchev–Trinajstić information content (AvgIpc) is 3.48. The van der Waals surface area contributed by atoms with Crippen LogP contribution in [0.1, 0.15) is 75.1 Å². The van der Waals surface area contributed by atoms with E-state index in [0.29, 0.717) is 44.9 Å². The first-order chi connectivity index (χ1) is 19.4. The molecule has 1 heterocycles. The van der Waals surface area contributed by atoms with Gasteiger partial charge in [0.15, 0.2) is 0 Å². The predicted octanol–water partition coefficient (Wildman–Crippen LogP) is 3.02. The summed E-state index contributed by atoms with van der Waals surface area (Å²) >= 11 is 0. The number of benzene rings is 1. The maximum absolute atomic E-state index is 12.9. The van der Waals surface area contributed by atoms with Crippen LogP contribution in [-0.2, 0) is 9.53 Å². The largest absolute Gasteiger partial charge is 0.458 e. The summed E-state index contributed by atoms with van der Waals surface area (Å²) in [4.78, 5) is 35.5. The second-order valence-electron chi connectivity index (χ2n) is 13.0. The van der Waals surface area contributed by atoms with Crippen molar-refractivity contribution >= 4 is 23.8 Å². The van der Waals surface area contributed by atoms with Gasteiger partial charge in [-0.15, -0.1) is 0 Å². The fourth-order valence-corrected chi connectivity index (χ4v) is 9.45. The Hall–Kier alpha value is -3.15. The number of nitro groups is 1. The SMILES string of the molecule is C[C@]12CC[C@H]3[C@@H](CC[C@]4(O)C[C@H](O)CC[C@]34/C=N\NC(=O)c3ccccc3[N+](=O)[O-])[C@@]1(O)CC[C@H]2C1=CC(=O)OC1. The van der Waals surface area contributed by atoms with Crippen molar-refractivity contribution in [1.29, 1.82) is 0 Å². The van der Waals surface area contributed by atoms with Crippen LogP contribution in [0, 0.1) is 38.7 Å². The first kappa shape index (κ1) is 28.0. The standard InChI is InChI=1S/C30H37N3O8/c1-27-10-7-22-23(30(27,38)13-9-21(27)18-14-25(35)41-16-18)8-12-29(37)15-19(34)6-11-28(22,29)17-31-32-26(36)20-4-2-3-5-24(20)33(39)40/h2-5,14,17,19,21-23,34,37-38H,6-13,15-16H2,1H3,(H,32,36)/b31-17-/t19-,21+,22+,23-,27-,28+,29+,30+/m1/s1. The smallest absolute Gasteiger partial charge is 0.331 e. The molecule has 5 aliphatic rings. The van der Waals surface area contributed by atoms with Crippen LogP contribution in [0.25, 0.3) is 0 Å². The number of hydrazone groups is 1. The van der Waals surface area contributed by atoms with Gasteiger partial charge in [-0.1, -0.05) is 19.1 Å². The summed E-state index contributed by atoms with van der Waals surface area (Å²) < 4.78 is 5.21. The minimum atomic E-state index is -1.28. The number of rotatable bonds is 5. The molecule has 1 aliphatic heterocycles. The van der Waals surface area contributed by atoms with E-state index in [4.69, 9.17) is 4.74 Å². The molecule has 0 bridgehead atoms. The Morgan fingerprint density at radius 2 is 1.88 bits per heavy atom. The maximum Gasteiger partial charge on any atom is 0.331 e. The third-order valence-corrected chi connectivity index (χ3v) is 11.4. The van der Waals surface area contributed by atoms with Crippen LogP contribution in [0.15, 0.2) is 41.0 Å². The summed E-state index contributed by atoms with van der Waals surface area (Å²) in [6.07, 6.45) is 7.18. The van der Waals surface area contributed by atoms with Gasteiger partial charge in [-0.05, 0) is 80.8 Å². The number of hydrogen-bond acceptors (Lipinski definition) is 9. The summed E-state index contributed by atoms with van der Waals surface area (Å²) in [5.41, 5.74) is -0.754. The number of fused-ring (bicyclic) bond motifs is 5. The molecule has 4 fully saturated rings. The van der Waals surface area contributed by atoms with Crippen LogP contribution in [0.3, 0.4) is 0 Å². The first-order valence-corrected chi connectivity index (χ1v) is 14.5. The Bertz CT molecular complexity index is 1350. The second-order valence-corrected chi connectivity index (χ2v) is 13.0. The van der Waals surface area contributed by atoms with Gasteiger partial charge in [0.2, 0.25) is 0 Å². The van der Waals surface area contributed by atoms with Crippen molar-refractivity contribution in [3.8, 4) is 0 Å². The Balaban J connectivity index is 1.32. The normalized spacial score (nSPS) is 41.7. The van der Waals surface area contributed by atoms with Gasteiger partial charge in [0.1, 0.15) is 12.2 Å². The number of nitrogens with one attached hydrogen (secondary N) is 1. The highest BCUT2D eigenvalue weighted by Gasteiger charge is 2.71. The van der Waals surface area contributed by atoms with E-state index >= 15 is 0 Å². The van der Waals surface area contributed by atoms with Gasteiger partial charge < -0.3 is 20.1 Å². The lowest BCUT2D eigenvalue weighted by atomic mass is 9.41. The molecule has 0 saturated heterocycles. The molecule has 0 radical (unpaired) electrons. The monoisotopic (exact) mass is 567 g/mol. The molecule has 8 atom stereocenters. The quantitative estimate of drug-likeness (QED) is 0.182. The summed E-state index contributed by atoms with van der Waals surface area (Å²) in [6, 6.07) is 5.63. The highest BCUT2D eigenvalue weighted by molar-refractivity contribution is 5.98. The lowest BCUT2D eigenvalue weighted by molar-refractivity contribution is -0.385. The Labute approximate surface area is 237 Å². The fraction of sp³-hybridized carbons (Fsp3) is 0.633. The van der Waals surface area contributed by atoms with E-state index in [-0.39, 0.29) is 48.0 Å². The number of nitrogens with zero attached hydrogens (tertiary/aromatic N) is 2. The number of hydrogen-bond donors (Lipinski definition) is 4. The molecular formula is C30H37N3O8. The molecule has 0 aromatic heterocycles. The molecule has 6 rings (SSSR count). The van der Waals surface area contributed by atoms with Crippen molar-refractivity contribution < 1.29 is 34.6 Å². The molecule has 41 heavy (non-hydrogen) atoms. The van der Waals surface area contributed by atoms with Crippen LogP contribution >= 0.6 is 0 Å². The van der Waals surface area contributed by atoms with Crippen LogP contribution < -0.4 is 5.43 Å². The molecule has 1 amide bonds. The summed E-state index contributed by atoms with van der Waals surface area (Å²) in [5, 5.41) is 50.8. The zero-order valence-corrected chi connectivity index (χ0v) is 23.1. The molecular weight excluding hydrogens is 530 g/mol. The van der Waals surface area contributed by atoms with Gasteiger partial charge in [-0.25, -0.2) is 10.2 Å². The lowest BCUT2D eigenvalue weighted by Crippen LogP contribution is -2.68. The predicted molar refractivity (Wildman–Crippen MR) is 147 cm³/mol. The number of amides is 1.